The summed E-state index contributed by atoms with van der Waals surface area (Å²) in [7, 11) is 2.05. The summed E-state index contributed by atoms with van der Waals surface area (Å²) in [5.41, 5.74) is 2.69. The maximum Gasteiger partial charge on any atom is 0.0924 e. The van der Waals surface area contributed by atoms with Crippen LogP contribution in [0.5, 0.6) is 0 Å². The molecule has 0 unspecified atom stereocenters. The summed E-state index contributed by atoms with van der Waals surface area (Å²) in [6.45, 7) is 4.76. The van der Waals surface area contributed by atoms with Crippen molar-refractivity contribution in [3.63, 3.8) is 0 Å². The minimum Gasteiger partial charge on any atom is -0.394 e. The molecule has 6 heteroatoms. The van der Waals surface area contributed by atoms with E-state index in [9.17, 15) is 5.11 Å². The number of likely N-dealkylation sites (N-methyl/N-ethyl adjacent to an activating group) is 1. The first-order chi connectivity index (χ1) is 11.6. The largest absolute Gasteiger partial charge is 0.394 e. The first-order valence-corrected chi connectivity index (χ1v) is 8.36. The maximum atomic E-state index is 9.90. The van der Waals surface area contributed by atoms with Gasteiger partial charge in [0.1, 0.15) is 0 Å². The lowest BCUT2D eigenvalue weighted by Gasteiger charge is -2.47. The molecule has 2 atom stereocenters. The number of aliphatic hydroxyl groups is 1. The zero-order chi connectivity index (χ0) is 17.0. The number of H-pyrrole nitrogens is 1. The zero-order valence-corrected chi connectivity index (χ0v) is 14.3. The van der Waals surface area contributed by atoms with Crippen LogP contribution in [-0.2, 0) is 11.3 Å². The fourth-order valence-electron chi connectivity index (χ4n) is 3.13. The first-order valence-electron chi connectivity index (χ1n) is 8.36. The molecule has 2 heterocycles. The van der Waals surface area contributed by atoms with Gasteiger partial charge in [-0.3, -0.25) is 10.00 Å². The van der Waals surface area contributed by atoms with Crippen molar-refractivity contribution in [2.75, 3.05) is 33.4 Å². The Hall–Kier alpha value is -1.73. The van der Waals surface area contributed by atoms with Gasteiger partial charge in [0.2, 0.25) is 0 Å². The molecular weight excluding hydrogens is 304 g/mol. The van der Waals surface area contributed by atoms with Crippen LogP contribution in [0, 0.1) is 0 Å². The maximum absolute atomic E-state index is 9.90. The molecule has 2 aromatic rings. The molecular formula is C18H26N4O2. The second-order valence-corrected chi connectivity index (χ2v) is 6.61. The molecule has 1 aromatic heterocycles. The van der Waals surface area contributed by atoms with Crippen molar-refractivity contribution >= 4 is 0 Å². The quantitative estimate of drug-likeness (QED) is 0.743. The van der Waals surface area contributed by atoms with Gasteiger partial charge < -0.3 is 15.2 Å². The monoisotopic (exact) mass is 330 g/mol. The van der Waals surface area contributed by atoms with Gasteiger partial charge in [-0.05, 0) is 20.0 Å². The van der Waals surface area contributed by atoms with E-state index in [1.54, 1.807) is 0 Å². The number of ether oxygens (including phenoxy) is 1. The zero-order valence-electron chi connectivity index (χ0n) is 14.3. The van der Waals surface area contributed by atoms with Crippen LogP contribution in [0.25, 0.3) is 11.3 Å². The average molecular weight is 330 g/mol. The number of hydrogen-bond acceptors (Lipinski definition) is 5. The molecule has 0 saturated carbocycles. The molecule has 0 amide bonds. The molecule has 1 aliphatic rings. The van der Waals surface area contributed by atoms with Crippen LogP contribution in [0.15, 0.2) is 36.4 Å². The molecule has 0 radical (unpaired) electrons. The molecule has 1 aromatic carbocycles. The summed E-state index contributed by atoms with van der Waals surface area (Å²) in [4.78, 5) is 2.21. The molecule has 1 aliphatic heterocycles. The number of aromatic amines is 1. The smallest absolute Gasteiger partial charge is 0.0924 e. The number of aliphatic hydroxyl groups excluding tert-OH is 1. The Labute approximate surface area is 142 Å². The number of rotatable bonds is 6. The van der Waals surface area contributed by atoms with Crippen molar-refractivity contribution < 1.29 is 9.84 Å². The Bertz CT molecular complexity index is 645. The van der Waals surface area contributed by atoms with E-state index >= 15 is 0 Å². The van der Waals surface area contributed by atoms with Gasteiger partial charge in [-0.1, -0.05) is 30.3 Å². The molecule has 130 valence electrons. The normalized spacial score (nSPS) is 25.0. The van der Waals surface area contributed by atoms with Crippen LogP contribution < -0.4 is 5.32 Å². The lowest BCUT2D eigenvalue weighted by atomic mass is 9.96. The van der Waals surface area contributed by atoms with Crippen molar-refractivity contribution in [2.45, 2.75) is 25.0 Å². The van der Waals surface area contributed by atoms with Crippen LogP contribution in [0.2, 0.25) is 0 Å². The van der Waals surface area contributed by atoms with Gasteiger partial charge in [0.15, 0.2) is 0 Å². The van der Waals surface area contributed by atoms with Gasteiger partial charge in [-0.25, -0.2) is 0 Å². The molecule has 24 heavy (non-hydrogen) atoms. The highest BCUT2D eigenvalue weighted by Crippen LogP contribution is 2.22. The number of aromatic nitrogens is 2. The van der Waals surface area contributed by atoms with Crippen molar-refractivity contribution in [2.24, 2.45) is 0 Å². The number of morpholine rings is 1. The topological polar surface area (TPSA) is 73.4 Å². The summed E-state index contributed by atoms with van der Waals surface area (Å²) in [5, 5.41) is 20.8. The van der Waals surface area contributed by atoms with Crippen LogP contribution in [0.3, 0.4) is 0 Å². The Morgan fingerprint density at radius 2 is 2.21 bits per heavy atom. The lowest BCUT2D eigenvalue weighted by Crippen LogP contribution is -2.65. The summed E-state index contributed by atoms with van der Waals surface area (Å²) in [6.07, 6.45) is 0. The molecule has 1 fully saturated rings. The standard InChI is InChI=1S/C18H26N4O2/c1-14-10-24-13-18(12-23,22(14)2)11-19-9-16-8-17(21-20-16)15-6-4-3-5-7-15/h3-8,14,19,23H,9-13H2,1-2H3,(H,20,21)/t14-,18+/m1/s1. The van der Waals surface area contributed by atoms with E-state index in [1.165, 1.54) is 0 Å². The molecule has 0 spiro atoms. The Morgan fingerprint density at radius 1 is 1.42 bits per heavy atom. The predicted molar refractivity (Wildman–Crippen MR) is 93.6 cm³/mol. The Kier molecular flexibility index (Phi) is 5.30. The third kappa shape index (κ3) is 3.52. The van der Waals surface area contributed by atoms with Gasteiger partial charge in [-0.15, -0.1) is 0 Å². The van der Waals surface area contributed by atoms with Crippen LogP contribution in [0.1, 0.15) is 12.6 Å². The highest BCUT2D eigenvalue weighted by atomic mass is 16.5. The minimum atomic E-state index is -0.375. The predicted octanol–water partition coefficient (Wildman–Crippen LogP) is 1.25. The van der Waals surface area contributed by atoms with E-state index < -0.39 is 0 Å². The van der Waals surface area contributed by atoms with E-state index in [0.717, 1.165) is 17.0 Å². The molecule has 3 N–H and O–H groups in total. The first kappa shape index (κ1) is 17.1. The number of nitrogens with zero attached hydrogens (tertiary/aromatic N) is 2. The second kappa shape index (κ2) is 7.44. The fraction of sp³-hybridized carbons (Fsp3) is 0.500. The van der Waals surface area contributed by atoms with E-state index in [1.807, 2.05) is 30.3 Å². The number of hydrogen-bond donors (Lipinski definition) is 3. The third-order valence-corrected chi connectivity index (χ3v) is 4.90. The van der Waals surface area contributed by atoms with Gasteiger partial charge in [-0.2, -0.15) is 5.10 Å². The van der Waals surface area contributed by atoms with Crippen molar-refractivity contribution in [1.82, 2.24) is 20.4 Å². The molecule has 3 rings (SSSR count). The lowest BCUT2D eigenvalue weighted by molar-refractivity contribution is -0.106. The van der Waals surface area contributed by atoms with E-state index in [-0.39, 0.29) is 12.1 Å². The summed E-state index contributed by atoms with van der Waals surface area (Å²) in [6, 6.07) is 12.5. The average Bonchev–Trinajstić information content (AvgIpc) is 3.08. The van der Waals surface area contributed by atoms with Gasteiger partial charge in [0.25, 0.3) is 0 Å². The third-order valence-electron chi connectivity index (χ3n) is 4.90. The highest BCUT2D eigenvalue weighted by Gasteiger charge is 2.39. The number of nitrogens with one attached hydrogen (secondary N) is 2. The van der Waals surface area contributed by atoms with Crippen LogP contribution in [0.4, 0.5) is 0 Å². The minimum absolute atomic E-state index is 0.0685. The van der Waals surface area contributed by atoms with E-state index in [4.69, 9.17) is 4.74 Å². The summed E-state index contributed by atoms with van der Waals surface area (Å²) < 4.78 is 5.66. The molecule has 0 bridgehead atoms. The second-order valence-electron chi connectivity index (χ2n) is 6.61. The highest BCUT2D eigenvalue weighted by molar-refractivity contribution is 5.58. The molecule has 0 aliphatic carbocycles. The van der Waals surface area contributed by atoms with Crippen LogP contribution in [-0.4, -0.2) is 65.2 Å². The summed E-state index contributed by atoms with van der Waals surface area (Å²) in [5.74, 6) is 0. The van der Waals surface area contributed by atoms with Crippen LogP contribution >= 0.6 is 0 Å². The van der Waals surface area contributed by atoms with Gasteiger partial charge in [0, 0.05) is 30.4 Å². The Balaban J connectivity index is 1.59. The van der Waals surface area contributed by atoms with Crippen molar-refractivity contribution in [1.29, 1.82) is 0 Å². The Morgan fingerprint density at radius 3 is 2.96 bits per heavy atom. The number of benzene rings is 1. The van der Waals surface area contributed by atoms with Crippen molar-refractivity contribution in [3.8, 4) is 11.3 Å². The van der Waals surface area contributed by atoms with Gasteiger partial charge in [0.05, 0.1) is 31.1 Å². The SMILES string of the molecule is C[C@@H]1COC[C@@](CO)(CNCc2cc(-c3ccccc3)n[nH]2)N1C. The molecule has 6 nitrogen and oxygen atoms in total. The van der Waals surface area contributed by atoms with E-state index in [2.05, 4.69) is 40.5 Å². The van der Waals surface area contributed by atoms with Crippen molar-refractivity contribution in [3.05, 3.63) is 42.1 Å². The van der Waals surface area contributed by atoms with Gasteiger partial charge >= 0.3 is 0 Å². The molecule has 1 saturated heterocycles. The fourth-order valence-corrected chi connectivity index (χ4v) is 3.13. The van der Waals surface area contributed by atoms with E-state index in [0.29, 0.717) is 32.3 Å². The summed E-state index contributed by atoms with van der Waals surface area (Å²) >= 11 is 0.